The van der Waals surface area contributed by atoms with Gasteiger partial charge in [0, 0.05) is 5.57 Å². The van der Waals surface area contributed by atoms with Crippen LogP contribution in [0.4, 0.5) is 0 Å². The van der Waals surface area contributed by atoms with E-state index in [0.29, 0.717) is 6.61 Å². The van der Waals surface area contributed by atoms with Gasteiger partial charge in [0.25, 0.3) is 0 Å². The van der Waals surface area contributed by atoms with Crippen LogP contribution in [0.2, 0.25) is 0 Å². The minimum absolute atomic E-state index is 0.0843. The molecule has 0 bridgehead atoms. The van der Waals surface area contributed by atoms with Gasteiger partial charge in [-0.3, -0.25) is 0 Å². The van der Waals surface area contributed by atoms with E-state index in [1.54, 1.807) is 0 Å². The molecule has 0 N–H and O–H groups in total. The number of ether oxygens (including phenoxy) is 1. The molecule has 0 aromatic heterocycles. The Labute approximate surface area is 148 Å². The highest BCUT2D eigenvalue weighted by Gasteiger charge is 2.16. The average molecular weight is 331 g/mol. The summed E-state index contributed by atoms with van der Waals surface area (Å²) in [5, 5.41) is 0. The standard InChI is InChI=1S/C22H34O2/c1-4-7-15-20(18-19-13-11-10-12-14-19)21(16-8-5-2)22(23)24-17-9-6-3/h10-14H,4-9,15-18H2,1-3H3. The van der Waals surface area contributed by atoms with Crippen LogP contribution in [0.3, 0.4) is 0 Å². The van der Waals surface area contributed by atoms with Crippen molar-refractivity contribution < 1.29 is 9.53 Å². The Hall–Kier alpha value is -1.57. The lowest BCUT2D eigenvalue weighted by molar-refractivity contribution is -0.139. The van der Waals surface area contributed by atoms with Crippen LogP contribution in [0.15, 0.2) is 41.5 Å². The number of carbonyl (C=O) groups is 1. The van der Waals surface area contributed by atoms with E-state index >= 15 is 0 Å². The maximum Gasteiger partial charge on any atom is 0.333 e. The minimum Gasteiger partial charge on any atom is -0.462 e. The Bertz CT molecular complexity index is 488. The predicted molar refractivity (Wildman–Crippen MR) is 102 cm³/mol. The number of rotatable bonds is 12. The van der Waals surface area contributed by atoms with Crippen LogP contribution < -0.4 is 0 Å². The predicted octanol–water partition coefficient (Wildman–Crippen LogP) is 6.25. The van der Waals surface area contributed by atoms with Crippen molar-refractivity contribution in [1.29, 1.82) is 0 Å². The molecule has 0 unspecified atom stereocenters. The van der Waals surface area contributed by atoms with E-state index in [0.717, 1.165) is 63.4 Å². The fourth-order valence-electron chi connectivity index (χ4n) is 2.75. The molecule has 0 saturated carbocycles. The van der Waals surface area contributed by atoms with Gasteiger partial charge in [-0.1, -0.05) is 75.9 Å². The van der Waals surface area contributed by atoms with E-state index in [4.69, 9.17) is 4.74 Å². The fourth-order valence-corrected chi connectivity index (χ4v) is 2.75. The highest BCUT2D eigenvalue weighted by atomic mass is 16.5. The fraction of sp³-hybridized carbons (Fsp3) is 0.591. The van der Waals surface area contributed by atoms with Gasteiger partial charge in [-0.2, -0.15) is 0 Å². The van der Waals surface area contributed by atoms with Crippen molar-refractivity contribution in [3.05, 3.63) is 47.0 Å². The summed E-state index contributed by atoms with van der Waals surface area (Å²) in [6, 6.07) is 10.5. The van der Waals surface area contributed by atoms with Gasteiger partial charge < -0.3 is 4.74 Å². The number of allylic oxidation sites excluding steroid dienone is 1. The van der Waals surface area contributed by atoms with E-state index in [1.165, 1.54) is 11.1 Å². The van der Waals surface area contributed by atoms with Crippen molar-refractivity contribution in [3.63, 3.8) is 0 Å². The summed E-state index contributed by atoms with van der Waals surface area (Å²) >= 11 is 0. The van der Waals surface area contributed by atoms with Crippen LogP contribution in [0, 0.1) is 0 Å². The zero-order chi connectivity index (χ0) is 17.6. The monoisotopic (exact) mass is 330 g/mol. The van der Waals surface area contributed by atoms with Crippen molar-refractivity contribution in [2.24, 2.45) is 0 Å². The first-order chi connectivity index (χ1) is 11.7. The van der Waals surface area contributed by atoms with E-state index < -0.39 is 0 Å². The largest absolute Gasteiger partial charge is 0.462 e. The van der Waals surface area contributed by atoms with E-state index in [9.17, 15) is 4.79 Å². The first-order valence-electron chi connectivity index (χ1n) is 9.64. The Balaban J connectivity index is 2.99. The topological polar surface area (TPSA) is 26.3 Å². The molecule has 0 atom stereocenters. The molecular formula is C22H34O2. The number of benzene rings is 1. The Morgan fingerprint density at radius 2 is 1.50 bits per heavy atom. The highest BCUT2D eigenvalue weighted by Crippen LogP contribution is 2.23. The van der Waals surface area contributed by atoms with Crippen LogP contribution in [0.5, 0.6) is 0 Å². The third-order valence-corrected chi connectivity index (χ3v) is 4.28. The Morgan fingerprint density at radius 1 is 0.875 bits per heavy atom. The summed E-state index contributed by atoms with van der Waals surface area (Å²) in [6.45, 7) is 7.02. The minimum atomic E-state index is -0.0843. The van der Waals surface area contributed by atoms with Crippen molar-refractivity contribution in [3.8, 4) is 0 Å². The van der Waals surface area contributed by atoms with Crippen LogP contribution >= 0.6 is 0 Å². The molecule has 1 aromatic rings. The molecule has 0 aliphatic rings. The molecule has 0 fully saturated rings. The maximum atomic E-state index is 12.6. The molecule has 24 heavy (non-hydrogen) atoms. The van der Waals surface area contributed by atoms with Crippen LogP contribution in [0.1, 0.15) is 77.7 Å². The number of unbranched alkanes of at least 4 members (excludes halogenated alkanes) is 3. The first-order valence-corrected chi connectivity index (χ1v) is 9.64. The molecular weight excluding hydrogens is 296 g/mol. The molecule has 0 saturated heterocycles. The van der Waals surface area contributed by atoms with E-state index in [1.807, 2.05) is 6.07 Å². The molecule has 134 valence electrons. The second kappa shape index (κ2) is 12.8. The van der Waals surface area contributed by atoms with Gasteiger partial charge in [0.2, 0.25) is 0 Å². The molecule has 0 spiro atoms. The maximum absolute atomic E-state index is 12.6. The smallest absolute Gasteiger partial charge is 0.333 e. The van der Waals surface area contributed by atoms with Crippen molar-refractivity contribution in [2.45, 2.75) is 78.6 Å². The molecule has 2 nitrogen and oxygen atoms in total. The first kappa shape index (κ1) is 20.5. The zero-order valence-corrected chi connectivity index (χ0v) is 15.8. The van der Waals surface area contributed by atoms with Crippen LogP contribution in [-0.4, -0.2) is 12.6 Å². The number of carbonyl (C=O) groups excluding carboxylic acids is 1. The van der Waals surface area contributed by atoms with E-state index in [2.05, 4.69) is 45.0 Å². The SMILES string of the molecule is CCCCOC(=O)C(CCCC)=C(CCCC)Cc1ccccc1. The van der Waals surface area contributed by atoms with Crippen molar-refractivity contribution in [1.82, 2.24) is 0 Å². The lowest BCUT2D eigenvalue weighted by atomic mass is 9.92. The summed E-state index contributed by atoms with van der Waals surface area (Å²) in [4.78, 5) is 12.6. The van der Waals surface area contributed by atoms with Gasteiger partial charge in [0.05, 0.1) is 6.61 Å². The Kier molecular flexibility index (Phi) is 10.9. The average Bonchev–Trinajstić information content (AvgIpc) is 2.60. The number of hydrogen-bond acceptors (Lipinski definition) is 2. The lowest BCUT2D eigenvalue weighted by Gasteiger charge is -2.15. The molecule has 0 aliphatic heterocycles. The van der Waals surface area contributed by atoms with Gasteiger partial charge in [0.1, 0.15) is 0 Å². The van der Waals surface area contributed by atoms with Gasteiger partial charge in [-0.25, -0.2) is 4.79 Å². The third-order valence-electron chi connectivity index (χ3n) is 4.28. The van der Waals surface area contributed by atoms with Gasteiger partial charge in [0.15, 0.2) is 0 Å². The molecule has 0 heterocycles. The summed E-state index contributed by atoms with van der Waals surface area (Å²) in [5.41, 5.74) is 3.49. The summed E-state index contributed by atoms with van der Waals surface area (Å²) in [5.74, 6) is -0.0843. The van der Waals surface area contributed by atoms with Gasteiger partial charge in [-0.15, -0.1) is 0 Å². The molecule has 2 heteroatoms. The number of esters is 1. The van der Waals surface area contributed by atoms with Gasteiger partial charge in [-0.05, 0) is 44.1 Å². The van der Waals surface area contributed by atoms with Crippen LogP contribution in [-0.2, 0) is 16.0 Å². The van der Waals surface area contributed by atoms with Crippen molar-refractivity contribution >= 4 is 5.97 Å². The molecule has 0 aliphatic carbocycles. The normalized spacial score (nSPS) is 12.0. The van der Waals surface area contributed by atoms with Crippen molar-refractivity contribution in [2.75, 3.05) is 6.61 Å². The summed E-state index contributed by atoms with van der Waals surface area (Å²) in [6.07, 6.45) is 9.10. The molecule has 0 amide bonds. The number of hydrogen-bond donors (Lipinski definition) is 0. The molecule has 0 radical (unpaired) electrons. The second-order valence-electron chi connectivity index (χ2n) is 6.44. The quantitative estimate of drug-likeness (QED) is 0.257. The molecule has 1 aromatic carbocycles. The third kappa shape index (κ3) is 7.81. The van der Waals surface area contributed by atoms with E-state index in [-0.39, 0.29) is 5.97 Å². The Morgan fingerprint density at radius 3 is 2.12 bits per heavy atom. The summed E-state index contributed by atoms with van der Waals surface area (Å²) in [7, 11) is 0. The lowest BCUT2D eigenvalue weighted by Crippen LogP contribution is -2.13. The second-order valence-corrected chi connectivity index (χ2v) is 6.44. The van der Waals surface area contributed by atoms with Crippen LogP contribution in [0.25, 0.3) is 0 Å². The highest BCUT2D eigenvalue weighted by molar-refractivity contribution is 5.89. The molecule has 1 rings (SSSR count). The van der Waals surface area contributed by atoms with Gasteiger partial charge >= 0.3 is 5.97 Å². The zero-order valence-electron chi connectivity index (χ0n) is 15.8. The summed E-state index contributed by atoms with van der Waals surface area (Å²) < 4.78 is 5.54.